The number of rotatable bonds is 8. The summed E-state index contributed by atoms with van der Waals surface area (Å²) in [6, 6.07) is 3.22. The number of allylic oxidation sites excluding steroid dienone is 7. The van der Waals surface area contributed by atoms with Crippen LogP contribution in [-0.2, 0) is 23.9 Å². The van der Waals surface area contributed by atoms with Gasteiger partial charge in [-0.3, -0.25) is 9.59 Å². The van der Waals surface area contributed by atoms with Gasteiger partial charge in [-0.05, 0) is 72.1 Å². The summed E-state index contributed by atoms with van der Waals surface area (Å²) in [7, 11) is 0. The molecule has 0 aliphatic carbocycles. The molecule has 0 saturated heterocycles. The maximum Gasteiger partial charge on any atom is 0.416 e. The van der Waals surface area contributed by atoms with Crippen LogP contribution in [0.15, 0.2) is 70.7 Å². The standard InChI is InChI=1S/C23H25F3N2O3S.C10H16.2C3H8.2C2H6/c1-4-8-31-17-10-15(23(24,25)26)9-16(11-17)27-21(29)19-13-32-20-12-28(7-6-18(19)20)22(30)14(3)5-2;1-5-6-7-8-10(4)9(2)3;2*1-3-2;2*1-2/h5,9-11,13H,4,6-8,12H2,1-3H3,(H,27,29);5-8H,1-4H3;2*3H2,1-2H3;2*1-2H3/b14-5+;6-5-,8-7-;;;;. The van der Waals surface area contributed by atoms with Crippen molar-refractivity contribution in [3.8, 4) is 5.75 Å². The summed E-state index contributed by atoms with van der Waals surface area (Å²) >= 11 is 1.37. The summed E-state index contributed by atoms with van der Waals surface area (Å²) < 4.78 is 45.2. The van der Waals surface area contributed by atoms with E-state index in [4.69, 9.17) is 4.74 Å². The zero-order valence-electron chi connectivity index (χ0n) is 34.9. The van der Waals surface area contributed by atoms with Crippen molar-refractivity contribution in [2.24, 2.45) is 0 Å². The summed E-state index contributed by atoms with van der Waals surface area (Å²) in [5.41, 5.74) is 3.78. The fourth-order valence-electron chi connectivity index (χ4n) is 3.88. The van der Waals surface area contributed by atoms with Crippen molar-refractivity contribution in [2.75, 3.05) is 18.5 Å². The molecule has 3 rings (SSSR count). The Morgan fingerprint density at radius 2 is 1.50 bits per heavy atom. The third kappa shape index (κ3) is 21.1. The second-order valence-electron chi connectivity index (χ2n) is 11.5. The van der Waals surface area contributed by atoms with Crippen LogP contribution in [0.1, 0.15) is 149 Å². The van der Waals surface area contributed by atoms with Crippen molar-refractivity contribution in [1.82, 2.24) is 4.90 Å². The van der Waals surface area contributed by atoms with Crippen molar-refractivity contribution in [1.29, 1.82) is 0 Å². The predicted octanol–water partition coefficient (Wildman–Crippen LogP) is 14.0. The monoisotopic (exact) mass is 750 g/mol. The highest BCUT2D eigenvalue weighted by atomic mass is 32.1. The van der Waals surface area contributed by atoms with Gasteiger partial charge in [0.15, 0.2) is 0 Å². The van der Waals surface area contributed by atoms with Crippen LogP contribution in [0.25, 0.3) is 0 Å². The van der Waals surface area contributed by atoms with Gasteiger partial charge >= 0.3 is 6.18 Å². The molecule has 296 valence electrons. The normalized spacial score (nSPS) is 11.8. The van der Waals surface area contributed by atoms with Crippen molar-refractivity contribution >= 4 is 28.8 Å². The van der Waals surface area contributed by atoms with Crippen molar-refractivity contribution in [3.05, 3.63) is 92.2 Å². The third-order valence-electron chi connectivity index (χ3n) is 6.65. The van der Waals surface area contributed by atoms with E-state index in [0.29, 0.717) is 37.1 Å². The first-order valence-electron chi connectivity index (χ1n) is 18.8. The minimum atomic E-state index is -4.56. The van der Waals surface area contributed by atoms with E-state index in [0.717, 1.165) is 22.6 Å². The van der Waals surface area contributed by atoms with Gasteiger partial charge in [0.2, 0.25) is 5.91 Å². The van der Waals surface area contributed by atoms with Gasteiger partial charge in [0, 0.05) is 34.1 Å². The molecule has 2 amide bonds. The Labute approximate surface area is 319 Å². The van der Waals surface area contributed by atoms with E-state index in [1.807, 2.05) is 60.6 Å². The lowest BCUT2D eigenvalue weighted by atomic mass is 10.0. The average Bonchev–Trinajstić information content (AvgIpc) is 3.56. The van der Waals surface area contributed by atoms with Crippen LogP contribution >= 0.6 is 11.3 Å². The molecule has 1 N–H and O–H groups in total. The number of ether oxygens (including phenoxy) is 1. The molecule has 1 aliphatic heterocycles. The smallest absolute Gasteiger partial charge is 0.416 e. The molecule has 5 nitrogen and oxygen atoms in total. The number of alkyl halides is 3. The Kier molecular flexibility index (Phi) is 31.4. The van der Waals surface area contributed by atoms with Crippen molar-refractivity contribution in [3.63, 3.8) is 0 Å². The molecular weight excluding hydrogens is 682 g/mol. The highest BCUT2D eigenvalue weighted by Crippen LogP contribution is 2.35. The van der Waals surface area contributed by atoms with Gasteiger partial charge < -0.3 is 15.0 Å². The van der Waals surface area contributed by atoms with E-state index < -0.39 is 17.6 Å². The first-order valence-corrected chi connectivity index (χ1v) is 19.6. The Bertz CT molecular complexity index is 1400. The van der Waals surface area contributed by atoms with Crippen LogP contribution in [-0.4, -0.2) is 29.9 Å². The molecule has 1 aromatic carbocycles. The molecule has 9 heteroatoms. The average molecular weight is 751 g/mol. The summed E-state index contributed by atoms with van der Waals surface area (Å²) in [4.78, 5) is 28.0. The van der Waals surface area contributed by atoms with Gasteiger partial charge in [-0.1, -0.05) is 117 Å². The van der Waals surface area contributed by atoms with Gasteiger partial charge in [0.1, 0.15) is 5.75 Å². The van der Waals surface area contributed by atoms with Crippen LogP contribution in [0.2, 0.25) is 0 Å². The number of carbonyl (C=O) groups excluding carboxylic acids is 2. The number of fused-ring (bicyclic) bond motifs is 1. The Morgan fingerprint density at radius 1 is 0.923 bits per heavy atom. The quantitative estimate of drug-likeness (QED) is 0.216. The molecule has 2 aromatic rings. The fourth-order valence-corrected chi connectivity index (χ4v) is 4.97. The van der Waals surface area contributed by atoms with E-state index in [9.17, 15) is 22.8 Å². The molecule has 0 atom stereocenters. The van der Waals surface area contributed by atoms with E-state index in [1.54, 1.807) is 23.3 Å². The predicted molar refractivity (Wildman–Crippen MR) is 221 cm³/mol. The number of nitrogens with one attached hydrogen (secondary N) is 1. The molecule has 0 unspecified atom stereocenters. The Balaban J connectivity index is -0.000000998. The van der Waals surface area contributed by atoms with Crippen LogP contribution in [0.5, 0.6) is 5.75 Å². The number of hydrogen-bond acceptors (Lipinski definition) is 4. The number of thiophene rings is 1. The minimum absolute atomic E-state index is 0.0206. The summed E-state index contributed by atoms with van der Waals surface area (Å²) in [5, 5.41) is 4.28. The maximum atomic E-state index is 13.3. The number of hydrogen-bond donors (Lipinski definition) is 1. The molecule has 0 fully saturated rings. The number of carbonyl (C=O) groups is 2. The lowest BCUT2D eigenvalue weighted by Crippen LogP contribution is -2.36. The molecule has 0 bridgehead atoms. The largest absolute Gasteiger partial charge is 0.494 e. The topological polar surface area (TPSA) is 58.6 Å². The van der Waals surface area contributed by atoms with Crippen molar-refractivity contribution in [2.45, 2.75) is 142 Å². The molecule has 2 heterocycles. The Morgan fingerprint density at radius 3 is 1.98 bits per heavy atom. The molecule has 0 spiro atoms. The number of amides is 2. The number of anilines is 1. The first kappa shape index (κ1) is 52.8. The molecular formula is C43H69F3N2O3S. The van der Waals surface area contributed by atoms with Crippen LogP contribution in [0.3, 0.4) is 0 Å². The first-order chi connectivity index (χ1) is 24.6. The van der Waals surface area contributed by atoms with Crippen molar-refractivity contribution < 1.29 is 27.5 Å². The SMILES string of the molecule is C/C=C(\C)C(=O)N1CCc2c(C(=O)Nc3cc(OCCC)cc(C(F)(F)F)c3)csc2C1.C/C=C\C=C/C(C)=C(C)C.CC.CC.CCC.CCC. The van der Waals surface area contributed by atoms with Gasteiger partial charge in [-0.15, -0.1) is 11.3 Å². The van der Waals surface area contributed by atoms with Crippen LogP contribution in [0.4, 0.5) is 18.9 Å². The highest BCUT2D eigenvalue weighted by Gasteiger charge is 2.32. The van der Waals surface area contributed by atoms with Gasteiger partial charge in [-0.25, -0.2) is 0 Å². The third-order valence-corrected chi connectivity index (χ3v) is 7.67. The van der Waals surface area contributed by atoms with Crippen LogP contribution in [0, 0.1) is 0 Å². The van der Waals surface area contributed by atoms with E-state index in [-0.39, 0.29) is 24.0 Å². The minimum Gasteiger partial charge on any atom is -0.494 e. The molecule has 1 aliphatic rings. The van der Waals surface area contributed by atoms with Crippen LogP contribution < -0.4 is 10.1 Å². The molecule has 1 aromatic heterocycles. The zero-order valence-corrected chi connectivity index (χ0v) is 35.7. The fraction of sp³-hybridized carbons (Fsp3) is 0.535. The van der Waals surface area contributed by atoms with E-state index in [1.165, 1.54) is 41.4 Å². The lowest BCUT2D eigenvalue weighted by molar-refractivity contribution is -0.137. The van der Waals surface area contributed by atoms with Gasteiger partial charge in [0.25, 0.3) is 5.91 Å². The molecule has 0 saturated carbocycles. The number of nitrogens with zero attached hydrogens (tertiary/aromatic N) is 1. The van der Waals surface area contributed by atoms with Gasteiger partial charge in [0.05, 0.1) is 24.3 Å². The second kappa shape index (κ2) is 31.0. The summed E-state index contributed by atoms with van der Waals surface area (Å²) in [5.74, 6) is -0.466. The Hall–Kier alpha value is -3.59. The van der Waals surface area contributed by atoms with E-state index in [2.05, 4.69) is 65.9 Å². The second-order valence-corrected chi connectivity index (χ2v) is 12.5. The van der Waals surface area contributed by atoms with Gasteiger partial charge in [-0.2, -0.15) is 13.2 Å². The maximum absolute atomic E-state index is 13.3. The number of benzene rings is 1. The lowest BCUT2D eigenvalue weighted by Gasteiger charge is -2.27. The number of halogens is 3. The summed E-state index contributed by atoms with van der Waals surface area (Å²) in [6.45, 7) is 31.5. The highest BCUT2D eigenvalue weighted by molar-refractivity contribution is 7.10. The molecule has 0 radical (unpaired) electrons. The summed E-state index contributed by atoms with van der Waals surface area (Å²) in [6.07, 6.45) is 9.09. The van der Waals surface area contributed by atoms with E-state index >= 15 is 0 Å². The molecule has 52 heavy (non-hydrogen) atoms. The zero-order chi connectivity index (χ0) is 40.9.